The smallest absolute Gasteiger partial charge is 0.124 e. The molecule has 19 heavy (non-hydrogen) atoms. The summed E-state index contributed by atoms with van der Waals surface area (Å²) in [5.74, 6) is 0.351. The number of aliphatic hydroxyl groups excluding tert-OH is 1. The monoisotopic (exact) mass is 280 g/mol. The largest absolute Gasteiger partial charge is 0.489 e. The highest BCUT2D eigenvalue weighted by atomic mass is 35.5. The van der Waals surface area contributed by atoms with E-state index in [-0.39, 0.29) is 12.4 Å². The third-order valence-corrected chi connectivity index (χ3v) is 3.09. The lowest BCUT2D eigenvalue weighted by atomic mass is 10.1. The molecule has 0 aliphatic carbocycles. The highest BCUT2D eigenvalue weighted by molar-refractivity contribution is 6.31. The number of halogens is 2. The van der Waals surface area contributed by atoms with Gasteiger partial charge in [0, 0.05) is 12.2 Å². The molecule has 100 valence electrons. The number of aliphatic hydroxyl groups is 1. The molecule has 0 aliphatic heterocycles. The zero-order valence-electron chi connectivity index (χ0n) is 10.3. The van der Waals surface area contributed by atoms with Crippen LogP contribution in [0.15, 0.2) is 42.5 Å². The van der Waals surface area contributed by atoms with Crippen LogP contribution in [-0.4, -0.2) is 11.7 Å². The Hall–Kier alpha value is -1.58. The van der Waals surface area contributed by atoms with Crippen molar-refractivity contribution in [1.29, 1.82) is 0 Å². The maximum absolute atomic E-state index is 12.9. The second-order valence-corrected chi connectivity index (χ2v) is 4.55. The Morgan fingerprint density at radius 3 is 2.47 bits per heavy atom. The zero-order valence-corrected chi connectivity index (χ0v) is 11.0. The Morgan fingerprint density at radius 2 is 1.84 bits per heavy atom. The van der Waals surface area contributed by atoms with Crippen molar-refractivity contribution in [3.05, 3.63) is 64.4 Å². The van der Waals surface area contributed by atoms with E-state index in [0.717, 1.165) is 11.1 Å². The van der Waals surface area contributed by atoms with Crippen LogP contribution in [0, 0.1) is 5.82 Å². The summed E-state index contributed by atoms with van der Waals surface area (Å²) in [6.07, 6.45) is 0.629. The summed E-state index contributed by atoms with van der Waals surface area (Å²) in [6.45, 7) is 0.420. The third-order valence-electron chi connectivity index (χ3n) is 2.73. The minimum atomic E-state index is -0.359. The van der Waals surface area contributed by atoms with Gasteiger partial charge in [0.25, 0.3) is 0 Å². The Labute approximate surface area is 116 Å². The maximum atomic E-state index is 12.9. The average molecular weight is 281 g/mol. The summed E-state index contributed by atoms with van der Waals surface area (Å²) in [5, 5.41) is 9.18. The molecule has 0 heterocycles. The highest BCUT2D eigenvalue weighted by Crippen LogP contribution is 2.20. The van der Waals surface area contributed by atoms with Crippen LogP contribution in [0.25, 0.3) is 0 Å². The van der Waals surface area contributed by atoms with Gasteiger partial charge in [-0.3, -0.25) is 0 Å². The normalized spacial score (nSPS) is 10.5. The fourth-order valence-electron chi connectivity index (χ4n) is 1.68. The van der Waals surface area contributed by atoms with Crippen molar-refractivity contribution in [2.45, 2.75) is 13.0 Å². The summed E-state index contributed by atoms with van der Waals surface area (Å²) in [7, 11) is 0. The lowest BCUT2D eigenvalue weighted by Crippen LogP contribution is -1.97. The predicted octanol–water partition coefficient (Wildman–Crippen LogP) is 3.59. The first-order chi connectivity index (χ1) is 9.19. The Kier molecular flexibility index (Phi) is 4.77. The zero-order chi connectivity index (χ0) is 13.7. The molecule has 2 rings (SSSR count). The van der Waals surface area contributed by atoms with Crippen molar-refractivity contribution in [2.24, 2.45) is 0 Å². The summed E-state index contributed by atoms with van der Waals surface area (Å²) < 4.78 is 18.5. The molecule has 2 aromatic carbocycles. The number of benzene rings is 2. The molecule has 1 N–H and O–H groups in total. The Balaban J connectivity index is 1.98. The van der Waals surface area contributed by atoms with Crippen molar-refractivity contribution in [3.63, 3.8) is 0 Å². The van der Waals surface area contributed by atoms with Crippen molar-refractivity contribution >= 4 is 11.6 Å². The van der Waals surface area contributed by atoms with Crippen molar-refractivity contribution in [3.8, 4) is 5.75 Å². The van der Waals surface area contributed by atoms with Gasteiger partial charge in [-0.05, 0) is 36.2 Å². The quantitative estimate of drug-likeness (QED) is 0.907. The van der Waals surface area contributed by atoms with Crippen LogP contribution in [0.2, 0.25) is 5.02 Å². The molecule has 0 radical (unpaired) electrons. The molecule has 0 spiro atoms. The second kappa shape index (κ2) is 6.55. The van der Waals surface area contributed by atoms with Crippen LogP contribution < -0.4 is 4.74 Å². The number of hydrogen-bond donors (Lipinski definition) is 1. The standard InChI is InChI=1S/C15H14ClFO2/c16-15-9-13(17)4-3-12(15)10-19-14-5-1-11(2-6-14)7-8-18/h1-6,9,18H,7-8,10H2. The number of rotatable bonds is 5. The molecule has 0 amide bonds. The summed E-state index contributed by atoms with van der Waals surface area (Å²) >= 11 is 5.91. The van der Waals surface area contributed by atoms with Crippen LogP contribution in [0.1, 0.15) is 11.1 Å². The van der Waals surface area contributed by atoms with E-state index in [9.17, 15) is 4.39 Å². The Morgan fingerprint density at radius 1 is 1.11 bits per heavy atom. The molecule has 0 saturated heterocycles. The predicted molar refractivity (Wildman–Crippen MR) is 73.0 cm³/mol. The van der Waals surface area contributed by atoms with Gasteiger partial charge in [0.1, 0.15) is 18.2 Å². The highest BCUT2D eigenvalue weighted by Gasteiger charge is 2.03. The summed E-state index contributed by atoms with van der Waals surface area (Å²) in [4.78, 5) is 0. The van der Waals surface area contributed by atoms with E-state index in [1.54, 1.807) is 6.07 Å². The minimum Gasteiger partial charge on any atom is -0.489 e. The molecular weight excluding hydrogens is 267 g/mol. The van der Waals surface area contributed by atoms with E-state index >= 15 is 0 Å². The van der Waals surface area contributed by atoms with Gasteiger partial charge in [-0.2, -0.15) is 0 Å². The first kappa shape index (κ1) is 13.8. The van der Waals surface area contributed by atoms with Gasteiger partial charge in [-0.25, -0.2) is 4.39 Å². The number of ether oxygens (including phenoxy) is 1. The maximum Gasteiger partial charge on any atom is 0.124 e. The molecule has 0 aromatic heterocycles. The molecule has 2 nitrogen and oxygen atoms in total. The summed E-state index contributed by atoms with van der Waals surface area (Å²) in [5.41, 5.74) is 1.79. The molecule has 2 aromatic rings. The molecule has 4 heteroatoms. The first-order valence-corrected chi connectivity index (χ1v) is 6.33. The first-order valence-electron chi connectivity index (χ1n) is 5.95. The Bertz CT molecular complexity index is 540. The lowest BCUT2D eigenvalue weighted by molar-refractivity contribution is 0.298. The van der Waals surface area contributed by atoms with Crippen molar-refractivity contribution in [2.75, 3.05) is 6.61 Å². The van der Waals surface area contributed by atoms with E-state index < -0.39 is 0 Å². The van der Waals surface area contributed by atoms with Crippen LogP contribution in [0.3, 0.4) is 0 Å². The van der Waals surface area contributed by atoms with E-state index in [1.807, 2.05) is 24.3 Å². The van der Waals surface area contributed by atoms with E-state index in [0.29, 0.717) is 23.8 Å². The fraction of sp³-hybridized carbons (Fsp3) is 0.200. The van der Waals surface area contributed by atoms with Crippen LogP contribution in [0.4, 0.5) is 4.39 Å². The molecule has 0 atom stereocenters. The molecular formula is C15H14ClFO2. The van der Waals surface area contributed by atoms with Crippen molar-refractivity contribution < 1.29 is 14.2 Å². The van der Waals surface area contributed by atoms with E-state index in [1.165, 1.54) is 12.1 Å². The molecule has 0 bridgehead atoms. The van der Waals surface area contributed by atoms with Gasteiger partial charge in [0.2, 0.25) is 0 Å². The van der Waals surface area contributed by atoms with Gasteiger partial charge >= 0.3 is 0 Å². The SMILES string of the molecule is OCCc1ccc(OCc2ccc(F)cc2Cl)cc1. The van der Waals surface area contributed by atoms with Gasteiger partial charge in [-0.1, -0.05) is 29.8 Å². The van der Waals surface area contributed by atoms with Crippen LogP contribution in [-0.2, 0) is 13.0 Å². The molecule has 0 unspecified atom stereocenters. The molecule has 0 saturated carbocycles. The van der Waals surface area contributed by atoms with Gasteiger partial charge in [-0.15, -0.1) is 0 Å². The topological polar surface area (TPSA) is 29.5 Å². The van der Waals surface area contributed by atoms with Gasteiger partial charge in [0.15, 0.2) is 0 Å². The van der Waals surface area contributed by atoms with E-state index in [4.69, 9.17) is 21.4 Å². The lowest BCUT2D eigenvalue weighted by Gasteiger charge is -2.08. The van der Waals surface area contributed by atoms with Gasteiger partial charge in [0.05, 0.1) is 5.02 Å². The fourth-order valence-corrected chi connectivity index (χ4v) is 1.90. The average Bonchev–Trinajstić information content (AvgIpc) is 2.40. The van der Waals surface area contributed by atoms with Crippen molar-refractivity contribution in [1.82, 2.24) is 0 Å². The number of hydrogen-bond acceptors (Lipinski definition) is 2. The van der Waals surface area contributed by atoms with E-state index in [2.05, 4.69) is 0 Å². The van der Waals surface area contributed by atoms with Crippen LogP contribution in [0.5, 0.6) is 5.75 Å². The van der Waals surface area contributed by atoms with Gasteiger partial charge < -0.3 is 9.84 Å². The minimum absolute atomic E-state index is 0.130. The second-order valence-electron chi connectivity index (χ2n) is 4.14. The summed E-state index contributed by atoms with van der Waals surface area (Å²) in [6, 6.07) is 11.7. The molecule has 0 aliphatic rings. The third kappa shape index (κ3) is 3.94. The van der Waals surface area contributed by atoms with Crippen LogP contribution >= 0.6 is 11.6 Å². The molecule has 0 fully saturated rings.